The lowest BCUT2D eigenvalue weighted by Crippen LogP contribution is -2.29. The normalized spacial score (nSPS) is 11.3. The molecule has 2 aromatic carbocycles. The second-order valence-electron chi connectivity index (χ2n) is 10.7. The lowest BCUT2D eigenvalue weighted by molar-refractivity contribution is -0.573. The number of rotatable bonds is 7. The molecule has 10 nitrogen and oxygen atoms in total. The van der Waals surface area contributed by atoms with Crippen LogP contribution in [0.1, 0.15) is 0 Å². The van der Waals surface area contributed by atoms with Gasteiger partial charge in [0, 0.05) is 36.9 Å². The molecule has 10 heteroatoms. The summed E-state index contributed by atoms with van der Waals surface area (Å²) in [6.07, 6.45) is 17.0. The van der Waals surface area contributed by atoms with Crippen molar-refractivity contribution in [1.82, 2.24) is 29.1 Å². The SMILES string of the molecule is Cn1[c-][n+](-c2cncc(Oc3ccnc(-c4cc(Oc5cncc(-[n+]6[c-]n(C)c7ccccc76)c5)ccn4)c3)c2)c2ccccc21. The van der Waals surface area contributed by atoms with Gasteiger partial charge < -0.3 is 27.7 Å². The number of benzene rings is 2. The Morgan fingerprint density at radius 2 is 1.00 bits per heavy atom. The summed E-state index contributed by atoms with van der Waals surface area (Å²) in [5, 5.41) is 0. The van der Waals surface area contributed by atoms with Crippen molar-refractivity contribution in [2.24, 2.45) is 14.1 Å². The van der Waals surface area contributed by atoms with Crippen molar-refractivity contribution >= 4 is 22.1 Å². The minimum absolute atomic E-state index is 0.585. The van der Waals surface area contributed by atoms with Crippen molar-refractivity contribution in [3.8, 4) is 45.8 Å². The molecule has 0 aliphatic carbocycles. The molecule has 222 valence electrons. The number of aryl methyl sites for hydroxylation is 2. The summed E-state index contributed by atoms with van der Waals surface area (Å²) in [6.45, 7) is 0. The summed E-state index contributed by atoms with van der Waals surface area (Å²) in [7, 11) is 3.94. The fourth-order valence-electron chi connectivity index (χ4n) is 5.46. The number of nitrogens with zero attached hydrogens (tertiary/aromatic N) is 8. The largest absolute Gasteiger partial charge is 0.456 e. The van der Waals surface area contributed by atoms with Crippen LogP contribution in [0, 0.1) is 12.7 Å². The molecule has 6 aromatic heterocycles. The molecule has 0 aliphatic rings. The molecule has 0 spiro atoms. The van der Waals surface area contributed by atoms with E-state index >= 15 is 0 Å². The molecular weight excluding hydrogens is 576 g/mol. The number of hydrogen-bond donors (Lipinski definition) is 0. The molecule has 0 bridgehead atoms. The summed E-state index contributed by atoms with van der Waals surface area (Å²) in [5.41, 5.74) is 7.13. The Bertz CT molecular complexity index is 2210. The topological polar surface area (TPSA) is 87.6 Å². The Morgan fingerprint density at radius 1 is 0.543 bits per heavy atom. The summed E-state index contributed by atoms with van der Waals surface area (Å²) in [5.74, 6) is 2.37. The van der Waals surface area contributed by atoms with Gasteiger partial charge in [0.05, 0.1) is 71.3 Å². The van der Waals surface area contributed by atoms with Crippen LogP contribution in [0.5, 0.6) is 23.0 Å². The molecule has 0 fully saturated rings. The van der Waals surface area contributed by atoms with Gasteiger partial charge in [-0.15, -0.1) is 0 Å². The first-order chi connectivity index (χ1) is 22.6. The first-order valence-corrected chi connectivity index (χ1v) is 14.6. The maximum Gasteiger partial charge on any atom is 0.244 e. The number of pyridine rings is 4. The van der Waals surface area contributed by atoms with Gasteiger partial charge in [0.25, 0.3) is 0 Å². The zero-order chi connectivity index (χ0) is 31.0. The Morgan fingerprint density at radius 3 is 1.48 bits per heavy atom. The van der Waals surface area contributed by atoms with Gasteiger partial charge in [-0.2, -0.15) is 0 Å². The second-order valence-corrected chi connectivity index (χ2v) is 10.7. The minimum atomic E-state index is 0.585. The van der Waals surface area contributed by atoms with E-state index < -0.39 is 0 Å². The molecule has 8 rings (SSSR count). The van der Waals surface area contributed by atoms with E-state index in [1.165, 1.54) is 0 Å². The van der Waals surface area contributed by atoms with Gasteiger partial charge in [0.15, 0.2) is 0 Å². The lowest BCUT2D eigenvalue weighted by Gasteiger charge is -2.11. The fraction of sp³-hybridized carbons (Fsp3) is 0.0556. The van der Waals surface area contributed by atoms with Crippen LogP contribution in [0.25, 0.3) is 44.8 Å². The number of ether oxygens (including phenoxy) is 2. The molecule has 0 saturated heterocycles. The summed E-state index contributed by atoms with van der Waals surface area (Å²) in [6, 6.07) is 27.4. The van der Waals surface area contributed by atoms with Crippen LogP contribution in [0.2, 0.25) is 0 Å². The van der Waals surface area contributed by atoms with Crippen LogP contribution >= 0.6 is 0 Å². The predicted molar refractivity (Wildman–Crippen MR) is 170 cm³/mol. The van der Waals surface area contributed by atoms with Gasteiger partial charge in [-0.3, -0.25) is 19.9 Å². The third-order valence-electron chi connectivity index (χ3n) is 7.58. The van der Waals surface area contributed by atoms with E-state index in [1.54, 1.807) is 49.3 Å². The lowest BCUT2D eigenvalue weighted by atomic mass is 10.2. The van der Waals surface area contributed by atoms with E-state index in [0.717, 1.165) is 33.4 Å². The van der Waals surface area contributed by atoms with Crippen LogP contribution in [0.4, 0.5) is 0 Å². The van der Waals surface area contributed by atoms with Crippen LogP contribution in [0.15, 0.2) is 122 Å². The van der Waals surface area contributed by atoms with Crippen molar-refractivity contribution in [3.63, 3.8) is 0 Å². The van der Waals surface area contributed by atoms with Gasteiger partial charge >= 0.3 is 0 Å². The van der Waals surface area contributed by atoms with E-state index in [0.29, 0.717) is 34.4 Å². The Kier molecular flexibility index (Phi) is 6.64. The first kappa shape index (κ1) is 27.2. The highest BCUT2D eigenvalue weighted by atomic mass is 16.5. The van der Waals surface area contributed by atoms with Crippen LogP contribution in [-0.4, -0.2) is 29.1 Å². The average Bonchev–Trinajstić information content (AvgIpc) is 3.62. The van der Waals surface area contributed by atoms with Gasteiger partial charge in [-0.25, -0.2) is 0 Å². The number of imidazole rings is 2. The molecular formula is C36H26N8O2. The predicted octanol–water partition coefficient (Wildman–Crippen LogP) is 5.66. The molecule has 8 aromatic rings. The van der Waals surface area contributed by atoms with E-state index in [4.69, 9.17) is 9.47 Å². The van der Waals surface area contributed by atoms with E-state index in [1.807, 2.05) is 80.9 Å². The third kappa shape index (κ3) is 5.07. The maximum atomic E-state index is 6.22. The van der Waals surface area contributed by atoms with Gasteiger partial charge in [0.2, 0.25) is 12.7 Å². The van der Waals surface area contributed by atoms with Gasteiger partial charge in [0.1, 0.15) is 23.0 Å². The third-order valence-corrected chi connectivity index (χ3v) is 7.58. The highest BCUT2D eigenvalue weighted by molar-refractivity contribution is 5.72. The molecule has 0 atom stereocenters. The van der Waals surface area contributed by atoms with Crippen molar-refractivity contribution in [3.05, 3.63) is 135 Å². The van der Waals surface area contributed by atoms with E-state index in [2.05, 4.69) is 56.9 Å². The van der Waals surface area contributed by atoms with Crippen molar-refractivity contribution in [2.45, 2.75) is 0 Å². The molecule has 6 heterocycles. The highest BCUT2D eigenvalue weighted by Gasteiger charge is 2.12. The maximum absolute atomic E-state index is 6.22. The van der Waals surface area contributed by atoms with E-state index in [9.17, 15) is 0 Å². The quantitative estimate of drug-likeness (QED) is 0.173. The fourth-order valence-corrected chi connectivity index (χ4v) is 5.46. The molecule has 0 N–H and O–H groups in total. The van der Waals surface area contributed by atoms with Crippen LogP contribution < -0.4 is 18.6 Å². The summed E-state index contributed by atoms with van der Waals surface area (Å²) >= 11 is 0. The smallest absolute Gasteiger partial charge is 0.244 e. The molecule has 0 amide bonds. The van der Waals surface area contributed by atoms with Crippen LogP contribution in [0.3, 0.4) is 0 Å². The van der Waals surface area contributed by atoms with Crippen molar-refractivity contribution < 1.29 is 18.6 Å². The molecule has 0 unspecified atom stereocenters. The molecule has 46 heavy (non-hydrogen) atoms. The van der Waals surface area contributed by atoms with Crippen LogP contribution in [-0.2, 0) is 14.1 Å². The number of aromatic nitrogens is 8. The number of para-hydroxylation sites is 4. The number of fused-ring (bicyclic) bond motifs is 2. The Hall–Kier alpha value is -6.42. The van der Waals surface area contributed by atoms with E-state index in [-0.39, 0.29) is 0 Å². The van der Waals surface area contributed by atoms with Crippen molar-refractivity contribution in [2.75, 3.05) is 0 Å². The minimum Gasteiger partial charge on any atom is -0.456 e. The second kappa shape index (κ2) is 11.3. The summed E-state index contributed by atoms with van der Waals surface area (Å²) < 4.78 is 20.3. The Balaban J connectivity index is 1.03. The average molecular weight is 603 g/mol. The molecule has 0 radical (unpaired) electrons. The Labute approximate surface area is 264 Å². The van der Waals surface area contributed by atoms with Gasteiger partial charge in [-0.1, -0.05) is 48.5 Å². The summed E-state index contributed by atoms with van der Waals surface area (Å²) in [4.78, 5) is 17.9. The first-order valence-electron chi connectivity index (χ1n) is 14.6. The molecule has 0 saturated carbocycles. The zero-order valence-corrected chi connectivity index (χ0v) is 24.9. The van der Waals surface area contributed by atoms with Crippen molar-refractivity contribution in [1.29, 1.82) is 0 Å². The zero-order valence-electron chi connectivity index (χ0n) is 24.9. The standard InChI is InChI=1S/C36H26N8O2/c1-41-23-43(35-9-5-3-7-33(35)41)25-15-29(21-37-19-25)45-27-11-13-39-31(17-27)32-18-28(12-14-40-32)46-30-16-26(20-38-22-30)44-24-42(2)34-8-4-6-10-36(34)44/h3-22H,1-2H3. The molecule has 0 aliphatic heterocycles. The highest BCUT2D eigenvalue weighted by Crippen LogP contribution is 2.29. The number of hydrogen-bond acceptors (Lipinski definition) is 6. The van der Waals surface area contributed by atoms with Gasteiger partial charge in [-0.05, 0) is 24.3 Å². The monoisotopic (exact) mass is 602 g/mol.